The Balaban J connectivity index is 2.69. The molecule has 1 aliphatic rings. The van der Waals surface area contributed by atoms with Crippen molar-refractivity contribution in [3.8, 4) is 0 Å². The van der Waals surface area contributed by atoms with Gasteiger partial charge in [0.05, 0.1) is 11.5 Å². The minimum atomic E-state index is -1.53. The van der Waals surface area contributed by atoms with E-state index >= 15 is 0 Å². The SMILES string of the molecule is CCNC(=NCC1CCOC1)C(Br)(Br)[N+](=O)[O-]. The van der Waals surface area contributed by atoms with E-state index in [-0.39, 0.29) is 5.84 Å². The number of aliphatic imine (C=N–C) groups is 1. The van der Waals surface area contributed by atoms with Gasteiger partial charge in [-0.15, -0.1) is 0 Å². The zero-order valence-corrected chi connectivity index (χ0v) is 12.7. The lowest BCUT2D eigenvalue weighted by atomic mass is 10.1. The lowest BCUT2D eigenvalue weighted by molar-refractivity contribution is -0.486. The van der Waals surface area contributed by atoms with Gasteiger partial charge in [-0.25, -0.2) is 0 Å². The zero-order chi connectivity index (χ0) is 12.9. The number of nitrogens with one attached hydrogen (secondary N) is 1. The Kier molecular flexibility index (Phi) is 5.81. The molecular weight excluding hydrogens is 358 g/mol. The second-order valence-corrected chi connectivity index (χ2v) is 7.11. The van der Waals surface area contributed by atoms with Crippen LogP contribution in [-0.4, -0.2) is 40.4 Å². The minimum absolute atomic E-state index is 0.289. The lowest BCUT2D eigenvalue weighted by Crippen LogP contribution is -2.43. The van der Waals surface area contributed by atoms with E-state index in [9.17, 15) is 10.1 Å². The summed E-state index contributed by atoms with van der Waals surface area (Å²) in [5.74, 6) is 0.642. The third kappa shape index (κ3) is 4.18. The molecule has 1 unspecified atom stereocenters. The molecule has 1 fully saturated rings. The molecule has 17 heavy (non-hydrogen) atoms. The number of nitro groups is 1. The van der Waals surface area contributed by atoms with Gasteiger partial charge in [0.2, 0.25) is 0 Å². The van der Waals surface area contributed by atoms with Crippen LogP contribution in [0.5, 0.6) is 0 Å². The number of ether oxygens (including phenoxy) is 1. The molecule has 0 aromatic rings. The van der Waals surface area contributed by atoms with Gasteiger partial charge in [0, 0.05) is 57.5 Å². The maximum absolute atomic E-state index is 10.9. The Morgan fingerprint density at radius 3 is 2.88 bits per heavy atom. The van der Waals surface area contributed by atoms with Gasteiger partial charge in [-0.2, -0.15) is 0 Å². The molecule has 0 saturated carbocycles. The van der Waals surface area contributed by atoms with Crippen molar-refractivity contribution in [2.45, 2.75) is 16.7 Å². The first-order valence-electron chi connectivity index (χ1n) is 5.37. The Bertz CT molecular complexity index is 304. The van der Waals surface area contributed by atoms with Crippen molar-refractivity contribution in [2.75, 3.05) is 26.3 Å². The molecule has 0 bridgehead atoms. The molecule has 6 nitrogen and oxygen atoms in total. The largest absolute Gasteiger partial charge is 0.382 e. The highest BCUT2D eigenvalue weighted by Crippen LogP contribution is 2.28. The van der Waals surface area contributed by atoms with E-state index in [0.717, 1.165) is 13.0 Å². The number of hydrogen-bond donors (Lipinski definition) is 1. The molecular formula is C9H15Br2N3O3. The summed E-state index contributed by atoms with van der Waals surface area (Å²) >= 11 is 6.03. The van der Waals surface area contributed by atoms with E-state index in [4.69, 9.17) is 4.74 Å². The topological polar surface area (TPSA) is 76.8 Å². The summed E-state index contributed by atoms with van der Waals surface area (Å²) in [7, 11) is 0. The summed E-state index contributed by atoms with van der Waals surface area (Å²) in [6.45, 7) is 4.41. The summed E-state index contributed by atoms with van der Waals surface area (Å²) in [5.41, 5.74) is 0. The van der Waals surface area contributed by atoms with Crippen molar-refractivity contribution < 1.29 is 9.66 Å². The lowest BCUT2D eigenvalue weighted by Gasteiger charge is -2.16. The van der Waals surface area contributed by atoms with Crippen molar-refractivity contribution in [3.05, 3.63) is 10.1 Å². The summed E-state index contributed by atoms with van der Waals surface area (Å²) in [6.07, 6.45) is 0.957. The molecule has 98 valence electrons. The molecule has 1 aliphatic heterocycles. The first-order chi connectivity index (χ1) is 7.98. The van der Waals surface area contributed by atoms with Gasteiger partial charge < -0.3 is 10.1 Å². The van der Waals surface area contributed by atoms with Crippen LogP contribution in [0.1, 0.15) is 13.3 Å². The van der Waals surface area contributed by atoms with Gasteiger partial charge >= 0.3 is 3.36 Å². The molecule has 0 aromatic carbocycles. The highest BCUT2D eigenvalue weighted by molar-refractivity contribution is 9.25. The van der Waals surface area contributed by atoms with Crippen LogP contribution in [0.25, 0.3) is 0 Å². The highest BCUT2D eigenvalue weighted by Gasteiger charge is 2.43. The number of alkyl halides is 2. The molecule has 0 aromatic heterocycles. The maximum atomic E-state index is 10.9. The van der Waals surface area contributed by atoms with E-state index in [2.05, 4.69) is 42.2 Å². The first kappa shape index (κ1) is 14.8. The van der Waals surface area contributed by atoms with Crippen LogP contribution in [0.2, 0.25) is 0 Å². The molecule has 0 aliphatic carbocycles. The van der Waals surface area contributed by atoms with Crippen LogP contribution >= 0.6 is 31.9 Å². The number of likely N-dealkylation sites (N-methyl/N-ethyl adjacent to an activating group) is 1. The Morgan fingerprint density at radius 2 is 2.41 bits per heavy atom. The normalized spacial score (nSPS) is 21.6. The molecule has 8 heteroatoms. The minimum Gasteiger partial charge on any atom is -0.381 e. The van der Waals surface area contributed by atoms with Crippen LogP contribution in [-0.2, 0) is 4.74 Å². The molecule has 0 amide bonds. The molecule has 0 spiro atoms. The first-order valence-corrected chi connectivity index (χ1v) is 6.96. The van der Waals surface area contributed by atoms with Crippen LogP contribution in [0, 0.1) is 16.0 Å². The molecule has 1 saturated heterocycles. The molecule has 0 radical (unpaired) electrons. The fourth-order valence-electron chi connectivity index (χ4n) is 1.46. The van der Waals surface area contributed by atoms with Crippen LogP contribution < -0.4 is 5.32 Å². The van der Waals surface area contributed by atoms with Crippen molar-refractivity contribution in [1.82, 2.24) is 5.32 Å². The van der Waals surface area contributed by atoms with Crippen molar-refractivity contribution in [2.24, 2.45) is 10.9 Å². The monoisotopic (exact) mass is 371 g/mol. The van der Waals surface area contributed by atoms with Gasteiger partial charge in [0.25, 0.3) is 0 Å². The van der Waals surface area contributed by atoms with Gasteiger partial charge in [0.1, 0.15) is 0 Å². The number of rotatable bonds is 5. The van der Waals surface area contributed by atoms with E-state index in [1.54, 1.807) is 0 Å². The van der Waals surface area contributed by atoms with E-state index in [1.165, 1.54) is 0 Å². The third-order valence-electron chi connectivity index (χ3n) is 2.39. The number of nitrogens with zero attached hydrogens (tertiary/aromatic N) is 2. The Morgan fingerprint density at radius 1 is 1.71 bits per heavy atom. The fraction of sp³-hybridized carbons (Fsp3) is 0.889. The maximum Gasteiger partial charge on any atom is 0.382 e. The fourth-order valence-corrected chi connectivity index (χ4v) is 1.99. The van der Waals surface area contributed by atoms with Crippen molar-refractivity contribution in [1.29, 1.82) is 0 Å². The molecule has 1 rings (SSSR count). The Hall–Kier alpha value is -0.210. The number of halogens is 2. The Labute approximate surface area is 117 Å². The van der Waals surface area contributed by atoms with Crippen molar-refractivity contribution >= 4 is 37.7 Å². The summed E-state index contributed by atoms with van der Waals surface area (Å²) < 4.78 is 3.70. The van der Waals surface area contributed by atoms with Crippen molar-refractivity contribution in [3.63, 3.8) is 0 Å². The summed E-state index contributed by atoms with van der Waals surface area (Å²) in [4.78, 5) is 14.7. The average Bonchev–Trinajstić information content (AvgIpc) is 2.76. The van der Waals surface area contributed by atoms with Gasteiger partial charge in [-0.05, 0) is 13.3 Å². The third-order valence-corrected chi connectivity index (χ3v) is 3.72. The second kappa shape index (κ2) is 6.65. The van der Waals surface area contributed by atoms with Crippen LogP contribution in [0.4, 0.5) is 0 Å². The average molecular weight is 373 g/mol. The van der Waals surface area contributed by atoms with Crippen LogP contribution in [0.3, 0.4) is 0 Å². The van der Waals surface area contributed by atoms with Crippen LogP contribution in [0.15, 0.2) is 4.99 Å². The van der Waals surface area contributed by atoms with E-state index in [0.29, 0.717) is 25.6 Å². The van der Waals surface area contributed by atoms with Gasteiger partial charge in [-0.3, -0.25) is 15.1 Å². The number of hydrogen-bond acceptors (Lipinski definition) is 4. The molecule has 1 N–H and O–H groups in total. The smallest absolute Gasteiger partial charge is 0.381 e. The quantitative estimate of drug-likeness (QED) is 0.199. The number of amidine groups is 1. The van der Waals surface area contributed by atoms with Gasteiger partial charge in [-0.1, -0.05) is 0 Å². The summed E-state index contributed by atoms with van der Waals surface area (Å²) in [6, 6.07) is 0. The predicted molar refractivity (Wildman–Crippen MR) is 72.5 cm³/mol. The molecule has 1 heterocycles. The van der Waals surface area contributed by atoms with Gasteiger partial charge in [0.15, 0.2) is 5.84 Å². The van der Waals surface area contributed by atoms with E-state index < -0.39 is 8.28 Å². The molecule has 1 atom stereocenters. The standard InChI is InChI=1S/C9H15Br2N3O3/c1-2-12-8(9(10,11)14(15)16)13-5-7-3-4-17-6-7/h7H,2-6H2,1H3,(H,12,13). The zero-order valence-electron chi connectivity index (χ0n) is 9.49. The second-order valence-electron chi connectivity index (χ2n) is 3.75. The summed E-state index contributed by atoms with van der Waals surface area (Å²) in [5, 5.41) is 13.8. The predicted octanol–water partition coefficient (Wildman–Crippen LogP) is 1.75. The van der Waals surface area contributed by atoms with E-state index in [1.807, 2.05) is 6.92 Å². The highest BCUT2D eigenvalue weighted by atomic mass is 79.9.